The lowest BCUT2D eigenvalue weighted by Gasteiger charge is -2.38. The Labute approximate surface area is 104 Å². The number of rotatable bonds is 3. The first kappa shape index (κ1) is 12.6. The molecule has 17 heavy (non-hydrogen) atoms. The highest BCUT2D eigenvalue weighted by Gasteiger charge is 2.25. The van der Waals surface area contributed by atoms with E-state index in [2.05, 4.69) is 30.9 Å². The van der Waals surface area contributed by atoms with E-state index in [4.69, 9.17) is 5.11 Å². The highest BCUT2D eigenvalue weighted by atomic mass is 16.3. The van der Waals surface area contributed by atoms with Crippen molar-refractivity contribution >= 4 is 0 Å². The molecule has 0 unspecified atom stereocenters. The molecular formula is C15H23NO. The van der Waals surface area contributed by atoms with Crippen LogP contribution in [0.2, 0.25) is 0 Å². The molecule has 94 valence electrons. The maximum Gasteiger partial charge on any atom is 0.0681 e. The zero-order chi connectivity index (χ0) is 12.3. The minimum absolute atomic E-state index is 0.136. The van der Waals surface area contributed by atoms with Crippen LogP contribution in [0.5, 0.6) is 0 Å². The van der Waals surface area contributed by atoms with Crippen molar-refractivity contribution in [1.29, 1.82) is 0 Å². The lowest BCUT2D eigenvalue weighted by atomic mass is 9.84. The van der Waals surface area contributed by atoms with Crippen LogP contribution in [0.4, 0.5) is 0 Å². The van der Waals surface area contributed by atoms with Gasteiger partial charge in [0.15, 0.2) is 0 Å². The predicted molar refractivity (Wildman–Crippen MR) is 70.7 cm³/mol. The van der Waals surface area contributed by atoms with Crippen LogP contribution >= 0.6 is 0 Å². The smallest absolute Gasteiger partial charge is 0.0681 e. The molecule has 1 aromatic rings. The number of aliphatic hydroxyl groups excluding tert-OH is 1. The molecule has 0 spiro atoms. The van der Waals surface area contributed by atoms with Crippen molar-refractivity contribution in [2.24, 2.45) is 5.41 Å². The fourth-order valence-corrected chi connectivity index (χ4v) is 2.69. The molecule has 1 fully saturated rings. The Hall–Kier alpha value is -0.860. The summed E-state index contributed by atoms with van der Waals surface area (Å²) in [5, 5.41) is 9.01. The lowest BCUT2D eigenvalue weighted by molar-refractivity contribution is 0.111. The van der Waals surface area contributed by atoms with E-state index in [1.165, 1.54) is 31.5 Å². The van der Waals surface area contributed by atoms with E-state index in [0.29, 0.717) is 5.41 Å². The molecule has 2 nitrogen and oxygen atoms in total. The topological polar surface area (TPSA) is 23.5 Å². The molecule has 1 aliphatic rings. The molecule has 0 aromatic heterocycles. The summed E-state index contributed by atoms with van der Waals surface area (Å²) in [5.74, 6) is 0. The van der Waals surface area contributed by atoms with Gasteiger partial charge < -0.3 is 5.11 Å². The van der Waals surface area contributed by atoms with Crippen LogP contribution in [-0.2, 0) is 13.2 Å². The monoisotopic (exact) mass is 233 g/mol. The average Bonchev–Trinajstić information content (AvgIpc) is 2.29. The van der Waals surface area contributed by atoms with E-state index in [1.807, 2.05) is 12.1 Å². The van der Waals surface area contributed by atoms with Gasteiger partial charge in [-0.1, -0.05) is 38.1 Å². The fraction of sp³-hybridized carbons (Fsp3) is 0.600. The number of benzene rings is 1. The Morgan fingerprint density at radius 3 is 2.41 bits per heavy atom. The maximum absolute atomic E-state index is 9.01. The van der Waals surface area contributed by atoms with E-state index in [-0.39, 0.29) is 6.61 Å². The number of aliphatic hydroxyl groups is 1. The summed E-state index contributed by atoms with van der Waals surface area (Å²) in [6, 6.07) is 8.30. The summed E-state index contributed by atoms with van der Waals surface area (Å²) in [5.41, 5.74) is 2.80. The number of hydrogen-bond donors (Lipinski definition) is 1. The molecule has 1 heterocycles. The zero-order valence-corrected chi connectivity index (χ0v) is 10.9. The molecule has 1 saturated heterocycles. The number of hydrogen-bond acceptors (Lipinski definition) is 2. The summed E-state index contributed by atoms with van der Waals surface area (Å²) in [4.78, 5) is 2.54. The van der Waals surface area contributed by atoms with E-state index in [0.717, 1.165) is 12.1 Å². The van der Waals surface area contributed by atoms with Gasteiger partial charge in [-0.25, -0.2) is 0 Å². The van der Waals surface area contributed by atoms with Crippen molar-refractivity contribution in [3.63, 3.8) is 0 Å². The minimum atomic E-state index is 0.136. The van der Waals surface area contributed by atoms with Crippen LogP contribution in [0.1, 0.15) is 37.8 Å². The van der Waals surface area contributed by atoms with Crippen LogP contribution in [0.25, 0.3) is 0 Å². The zero-order valence-electron chi connectivity index (χ0n) is 10.9. The van der Waals surface area contributed by atoms with Gasteiger partial charge in [0.1, 0.15) is 0 Å². The molecule has 0 radical (unpaired) electrons. The van der Waals surface area contributed by atoms with Gasteiger partial charge in [0, 0.05) is 13.1 Å². The Balaban J connectivity index is 1.95. The van der Waals surface area contributed by atoms with Gasteiger partial charge in [-0.05, 0) is 35.9 Å². The molecule has 0 bridgehead atoms. The molecule has 0 saturated carbocycles. The maximum atomic E-state index is 9.01. The van der Waals surface area contributed by atoms with Crippen molar-refractivity contribution in [3.8, 4) is 0 Å². The third kappa shape index (κ3) is 3.55. The number of nitrogens with zero attached hydrogens (tertiary/aromatic N) is 1. The van der Waals surface area contributed by atoms with Crippen molar-refractivity contribution in [1.82, 2.24) is 4.90 Å². The van der Waals surface area contributed by atoms with Crippen LogP contribution in [0.3, 0.4) is 0 Å². The Morgan fingerprint density at radius 2 is 1.82 bits per heavy atom. The second-order valence-corrected chi connectivity index (χ2v) is 5.95. The summed E-state index contributed by atoms with van der Waals surface area (Å²) in [7, 11) is 0. The van der Waals surface area contributed by atoms with Crippen molar-refractivity contribution in [3.05, 3.63) is 35.4 Å². The summed E-state index contributed by atoms with van der Waals surface area (Å²) in [6.45, 7) is 8.29. The van der Waals surface area contributed by atoms with Gasteiger partial charge in [-0.2, -0.15) is 0 Å². The molecule has 0 atom stereocenters. The third-order valence-electron chi connectivity index (χ3n) is 3.59. The number of piperidine rings is 1. The first-order valence-corrected chi connectivity index (χ1v) is 6.50. The van der Waals surface area contributed by atoms with Crippen LogP contribution in [0.15, 0.2) is 24.3 Å². The standard InChI is InChI=1S/C15H23NO/c1-15(2)8-3-9-16(12-15)10-13-4-6-14(11-17)7-5-13/h4-7,17H,3,8-12H2,1-2H3. The van der Waals surface area contributed by atoms with Crippen molar-refractivity contribution < 1.29 is 5.11 Å². The van der Waals surface area contributed by atoms with Gasteiger partial charge in [-0.15, -0.1) is 0 Å². The fourth-order valence-electron chi connectivity index (χ4n) is 2.69. The summed E-state index contributed by atoms with van der Waals surface area (Å²) < 4.78 is 0. The molecule has 0 amide bonds. The number of likely N-dealkylation sites (tertiary alicyclic amines) is 1. The molecule has 1 N–H and O–H groups in total. The quantitative estimate of drug-likeness (QED) is 0.867. The van der Waals surface area contributed by atoms with Gasteiger partial charge >= 0.3 is 0 Å². The minimum Gasteiger partial charge on any atom is -0.392 e. The molecule has 1 aromatic carbocycles. The largest absolute Gasteiger partial charge is 0.392 e. The molecule has 2 heteroatoms. The summed E-state index contributed by atoms with van der Waals surface area (Å²) >= 11 is 0. The molecular weight excluding hydrogens is 210 g/mol. The first-order valence-electron chi connectivity index (χ1n) is 6.50. The highest BCUT2D eigenvalue weighted by molar-refractivity contribution is 5.21. The van der Waals surface area contributed by atoms with E-state index < -0.39 is 0 Å². The highest BCUT2D eigenvalue weighted by Crippen LogP contribution is 2.29. The Morgan fingerprint density at radius 1 is 1.18 bits per heavy atom. The average molecular weight is 233 g/mol. The van der Waals surface area contributed by atoms with Gasteiger partial charge in [0.2, 0.25) is 0 Å². The van der Waals surface area contributed by atoms with E-state index in [1.54, 1.807) is 0 Å². The van der Waals surface area contributed by atoms with Gasteiger partial charge in [0.25, 0.3) is 0 Å². The van der Waals surface area contributed by atoms with Crippen molar-refractivity contribution in [2.45, 2.75) is 39.8 Å². The van der Waals surface area contributed by atoms with Crippen LogP contribution < -0.4 is 0 Å². The van der Waals surface area contributed by atoms with Crippen molar-refractivity contribution in [2.75, 3.05) is 13.1 Å². The first-order chi connectivity index (χ1) is 8.09. The van der Waals surface area contributed by atoms with Gasteiger partial charge in [0.05, 0.1) is 6.61 Å². The van der Waals surface area contributed by atoms with Crippen LogP contribution in [-0.4, -0.2) is 23.1 Å². The predicted octanol–water partition coefficient (Wildman–Crippen LogP) is 2.80. The Bertz CT molecular complexity index is 356. The van der Waals surface area contributed by atoms with Gasteiger partial charge in [-0.3, -0.25) is 4.90 Å². The van der Waals surface area contributed by atoms with E-state index in [9.17, 15) is 0 Å². The SMILES string of the molecule is CC1(C)CCCN(Cc2ccc(CO)cc2)C1. The molecule has 2 rings (SSSR count). The molecule has 0 aliphatic carbocycles. The normalized spacial score (nSPS) is 20.4. The second-order valence-electron chi connectivity index (χ2n) is 5.95. The Kier molecular flexibility index (Phi) is 3.85. The van der Waals surface area contributed by atoms with E-state index >= 15 is 0 Å². The lowest BCUT2D eigenvalue weighted by Crippen LogP contribution is -2.39. The third-order valence-corrected chi connectivity index (χ3v) is 3.59. The second kappa shape index (κ2) is 5.19. The summed E-state index contributed by atoms with van der Waals surface area (Å²) in [6.07, 6.45) is 2.65. The van der Waals surface area contributed by atoms with Crippen LogP contribution in [0, 0.1) is 5.41 Å². The molecule has 1 aliphatic heterocycles.